The second-order valence-electron chi connectivity index (χ2n) is 7.89. The van der Waals surface area contributed by atoms with Gasteiger partial charge < -0.3 is 10.2 Å². The molecule has 1 aliphatic heterocycles. The Bertz CT molecular complexity index is 781. The zero-order valence-corrected chi connectivity index (χ0v) is 16.6. The summed E-state index contributed by atoms with van der Waals surface area (Å²) >= 11 is 1.96. The van der Waals surface area contributed by atoms with Gasteiger partial charge in [0.2, 0.25) is 0 Å². The number of rotatable bonds is 3. The normalized spacial score (nSPS) is 19.2. The molecule has 4 heteroatoms. The first kappa shape index (κ1) is 17.6. The molecule has 1 unspecified atom stereocenters. The van der Waals surface area contributed by atoms with Crippen molar-refractivity contribution in [3.63, 3.8) is 0 Å². The zero-order valence-electron chi connectivity index (χ0n) is 15.8. The minimum Gasteiger partial charge on any atom is -0.338 e. The van der Waals surface area contributed by atoms with E-state index in [2.05, 4.69) is 54.4 Å². The molecule has 4 rings (SSSR count). The Kier molecular flexibility index (Phi) is 5.03. The SMILES string of the molecule is CC(C)CNC(=O)N1CCc2c(sc3c2CCCC3)C1c1ccccc1. The maximum absolute atomic E-state index is 13.0. The number of urea groups is 1. The third-order valence-electron chi connectivity index (χ3n) is 5.51. The van der Waals surface area contributed by atoms with E-state index in [4.69, 9.17) is 0 Å². The van der Waals surface area contributed by atoms with E-state index in [1.165, 1.54) is 36.1 Å². The van der Waals surface area contributed by atoms with Crippen LogP contribution >= 0.6 is 11.3 Å². The van der Waals surface area contributed by atoms with Gasteiger partial charge in [0.15, 0.2) is 0 Å². The Morgan fingerprint density at radius 3 is 2.69 bits per heavy atom. The van der Waals surface area contributed by atoms with Gasteiger partial charge in [0.05, 0.1) is 6.04 Å². The maximum Gasteiger partial charge on any atom is 0.318 e. The molecule has 26 heavy (non-hydrogen) atoms. The van der Waals surface area contributed by atoms with Crippen LogP contribution < -0.4 is 5.32 Å². The molecule has 2 aliphatic rings. The Balaban J connectivity index is 1.72. The van der Waals surface area contributed by atoms with Crippen LogP contribution in [-0.2, 0) is 19.3 Å². The van der Waals surface area contributed by atoms with Crippen LogP contribution in [0.5, 0.6) is 0 Å². The summed E-state index contributed by atoms with van der Waals surface area (Å²) < 4.78 is 0. The van der Waals surface area contributed by atoms with Crippen LogP contribution in [0, 0.1) is 5.92 Å². The van der Waals surface area contributed by atoms with Gasteiger partial charge in [-0.1, -0.05) is 44.2 Å². The first-order chi connectivity index (χ1) is 12.6. The van der Waals surface area contributed by atoms with Gasteiger partial charge in [0.1, 0.15) is 0 Å². The molecule has 0 spiro atoms. The van der Waals surface area contributed by atoms with Crippen molar-refractivity contribution < 1.29 is 4.79 Å². The lowest BCUT2D eigenvalue weighted by atomic mass is 9.88. The number of amides is 2. The summed E-state index contributed by atoms with van der Waals surface area (Å²) in [5, 5.41) is 3.14. The van der Waals surface area contributed by atoms with E-state index in [0.717, 1.165) is 19.5 Å². The summed E-state index contributed by atoms with van der Waals surface area (Å²) in [6, 6.07) is 10.7. The van der Waals surface area contributed by atoms with Crippen LogP contribution in [0.4, 0.5) is 4.79 Å². The molecule has 0 radical (unpaired) electrons. The largest absolute Gasteiger partial charge is 0.338 e. The van der Waals surface area contributed by atoms with Crippen molar-refractivity contribution in [3.8, 4) is 0 Å². The zero-order chi connectivity index (χ0) is 18.1. The Morgan fingerprint density at radius 2 is 1.92 bits per heavy atom. The average Bonchev–Trinajstić information content (AvgIpc) is 3.04. The van der Waals surface area contributed by atoms with Gasteiger partial charge in [-0.2, -0.15) is 0 Å². The van der Waals surface area contributed by atoms with Crippen molar-refractivity contribution in [3.05, 3.63) is 56.8 Å². The minimum absolute atomic E-state index is 0.0581. The molecule has 2 heterocycles. The number of benzene rings is 1. The number of carbonyl (C=O) groups excluding carboxylic acids is 1. The average molecular weight is 369 g/mol. The van der Waals surface area contributed by atoms with E-state index < -0.39 is 0 Å². The summed E-state index contributed by atoms with van der Waals surface area (Å²) in [4.78, 5) is 18.0. The molecular weight excluding hydrogens is 340 g/mol. The Labute approximate surface area is 160 Å². The van der Waals surface area contributed by atoms with Gasteiger partial charge in [-0.05, 0) is 54.7 Å². The highest BCUT2D eigenvalue weighted by Crippen LogP contribution is 2.44. The highest BCUT2D eigenvalue weighted by atomic mass is 32.1. The molecule has 1 N–H and O–H groups in total. The maximum atomic E-state index is 13.0. The van der Waals surface area contributed by atoms with E-state index in [9.17, 15) is 4.79 Å². The van der Waals surface area contributed by atoms with Crippen molar-refractivity contribution in [2.45, 2.75) is 52.0 Å². The standard InChI is InChI=1S/C22H28N2OS/c1-15(2)14-23-22(25)24-13-12-18-17-10-6-7-11-19(17)26-21(18)20(24)16-8-4-3-5-9-16/h3-5,8-9,15,20H,6-7,10-14H2,1-2H3,(H,23,25). The number of nitrogens with zero attached hydrogens (tertiary/aromatic N) is 1. The van der Waals surface area contributed by atoms with Crippen molar-refractivity contribution in [2.75, 3.05) is 13.1 Å². The van der Waals surface area contributed by atoms with E-state index in [-0.39, 0.29) is 12.1 Å². The van der Waals surface area contributed by atoms with Crippen LogP contribution in [0.2, 0.25) is 0 Å². The molecule has 1 aromatic carbocycles. The highest BCUT2D eigenvalue weighted by Gasteiger charge is 2.36. The van der Waals surface area contributed by atoms with E-state index in [1.54, 1.807) is 16.0 Å². The molecule has 2 amide bonds. The fraction of sp³-hybridized carbons (Fsp3) is 0.500. The molecule has 1 aliphatic carbocycles. The van der Waals surface area contributed by atoms with Gasteiger partial charge in [0.25, 0.3) is 0 Å². The number of fused-ring (bicyclic) bond motifs is 3. The number of hydrogen-bond acceptors (Lipinski definition) is 2. The van der Waals surface area contributed by atoms with Crippen LogP contribution in [0.15, 0.2) is 30.3 Å². The topological polar surface area (TPSA) is 32.3 Å². The van der Waals surface area contributed by atoms with Crippen molar-refractivity contribution >= 4 is 17.4 Å². The minimum atomic E-state index is 0.0581. The summed E-state index contributed by atoms with van der Waals surface area (Å²) in [7, 11) is 0. The van der Waals surface area contributed by atoms with Crippen molar-refractivity contribution in [1.29, 1.82) is 0 Å². The van der Waals surface area contributed by atoms with Gasteiger partial charge in [0, 0.05) is 22.8 Å². The van der Waals surface area contributed by atoms with Gasteiger partial charge >= 0.3 is 6.03 Å². The molecular formula is C22H28N2OS. The lowest BCUT2D eigenvalue weighted by Crippen LogP contribution is -2.46. The fourth-order valence-corrected chi connectivity index (χ4v) is 5.81. The Hall–Kier alpha value is -1.81. The second-order valence-corrected chi connectivity index (χ2v) is 9.03. The molecule has 138 valence electrons. The number of carbonyl (C=O) groups is 1. The summed E-state index contributed by atoms with van der Waals surface area (Å²) in [6.07, 6.45) is 6.06. The number of thiophene rings is 1. The summed E-state index contributed by atoms with van der Waals surface area (Å²) in [6.45, 7) is 5.80. The van der Waals surface area contributed by atoms with Crippen LogP contribution in [-0.4, -0.2) is 24.0 Å². The molecule has 0 fully saturated rings. The quantitative estimate of drug-likeness (QED) is 0.818. The highest BCUT2D eigenvalue weighted by molar-refractivity contribution is 7.12. The van der Waals surface area contributed by atoms with Crippen molar-refractivity contribution in [1.82, 2.24) is 10.2 Å². The first-order valence-corrected chi connectivity index (χ1v) is 10.7. The van der Waals surface area contributed by atoms with Gasteiger partial charge in [-0.15, -0.1) is 11.3 Å². The third kappa shape index (κ3) is 3.27. The molecule has 0 saturated heterocycles. The van der Waals surface area contributed by atoms with Gasteiger partial charge in [-0.25, -0.2) is 4.79 Å². The van der Waals surface area contributed by atoms with Crippen LogP contribution in [0.3, 0.4) is 0 Å². The lowest BCUT2D eigenvalue weighted by Gasteiger charge is -2.36. The van der Waals surface area contributed by atoms with Crippen LogP contribution in [0.1, 0.15) is 59.2 Å². The van der Waals surface area contributed by atoms with Crippen LogP contribution in [0.25, 0.3) is 0 Å². The summed E-state index contributed by atoms with van der Waals surface area (Å²) in [5.74, 6) is 0.462. The number of hydrogen-bond donors (Lipinski definition) is 1. The first-order valence-electron chi connectivity index (χ1n) is 9.88. The van der Waals surface area contributed by atoms with E-state index in [0.29, 0.717) is 5.92 Å². The smallest absolute Gasteiger partial charge is 0.318 e. The number of nitrogens with one attached hydrogen (secondary N) is 1. The summed E-state index contributed by atoms with van der Waals surface area (Å²) in [5.41, 5.74) is 4.39. The third-order valence-corrected chi connectivity index (χ3v) is 6.90. The number of aryl methyl sites for hydroxylation is 1. The Morgan fingerprint density at radius 1 is 1.15 bits per heavy atom. The molecule has 2 aromatic rings. The predicted octanol–water partition coefficient (Wildman–Crippen LogP) is 4.94. The van der Waals surface area contributed by atoms with Crippen molar-refractivity contribution in [2.24, 2.45) is 5.92 Å². The van der Waals surface area contributed by atoms with Gasteiger partial charge in [-0.3, -0.25) is 0 Å². The predicted molar refractivity (Wildman–Crippen MR) is 108 cm³/mol. The molecule has 1 aromatic heterocycles. The van der Waals surface area contributed by atoms with E-state index in [1.807, 2.05) is 11.3 Å². The molecule has 3 nitrogen and oxygen atoms in total. The van der Waals surface area contributed by atoms with E-state index >= 15 is 0 Å². The molecule has 0 bridgehead atoms. The lowest BCUT2D eigenvalue weighted by molar-refractivity contribution is 0.180. The fourth-order valence-electron chi connectivity index (χ4n) is 4.23. The second kappa shape index (κ2) is 7.43. The molecule has 1 atom stereocenters. The monoisotopic (exact) mass is 368 g/mol. The molecule has 0 saturated carbocycles.